The van der Waals surface area contributed by atoms with Crippen LogP contribution in [0.5, 0.6) is 5.75 Å². The summed E-state index contributed by atoms with van der Waals surface area (Å²) in [5.41, 5.74) is 1.43. The lowest BCUT2D eigenvalue weighted by molar-refractivity contribution is -0.122. The Kier molecular flexibility index (Phi) is 3.98. The molecule has 3 nitrogen and oxygen atoms in total. The van der Waals surface area contributed by atoms with Crippen molar-refractivity contribution in [3.8, 4) is 5.75 Å². The second-order valence-electron chi connectivity index (χ2n) is 3.16. The second kappa shape index (κ2) is 5.27. The molecule has 0 spiro atoms. The van der Waals surface area contributed by atoms with E-state index in [2.05, 4.69) is 18.2 Å². The fourth-order valence-corrected chi connectivity index (χ4v) is 1.31. The molecule has 1 aliphatic carbocycles. The van der Waals surface area contributed by atoms with Crippen LogP contribution in [-0.2, 0) is 4.79 Å². The molecule has 0 heterocycles. The largest absolute Gasteiger partial charge is 0.497 e. The molecular formula is C11H14O3. The van der Waals surface area contributed by atoms with Gasteiger partial charge in [0, 0.05) is 0 Å². The molecule has 14 heavy (non-hydrogen) atoms. The highest BCUT2D eigenvalue weighted by Crippen LogP contribution is 2.40. The summed E-state index contributed by atoms with van der Waals surface area (Å²) in [6.07, 6.45) is 2.71. The standard InChI is InChI=1S/C10H12O.CH2O2/c1-11-10-4-2-3-9(7-10)8-5-6-8;2-1-3/h2-4,7-8H,5-6H2,1H3;1H,(H,2,3). The third-order valence-corrected chi connectivity index (χ3v) is 2.14. The van der Waals surface area contributed by atoms with Crippen LogP contribution in [0.2, 0.25) is 0 Å². The Bertz CT molecular complexity index is 292. The van der Waals surface area contributed by atoms with Crippen LogP contribution in [0.15, 0.2) is 24.3 Å². The van der Waals surface area contributed by atoms with Gasteiger partial charge < -0.3 is 9.84 Å². The van der Waals surface area contributed by atoms with Gasteiger partial charge in [-0.2, -0.15) is 0 Å². The minimum atomic E-state index is -0.250. The summed E-state index contributed by atoms with van der Waals surface area (Å²) in [4.78, 5) is 8.36. The van der Waals surface area contributed by atoms with Crippen molar-refractivity contribution >= 4 is 6.47 Å². The van der Waals surface area contributed by atoms with Crippen LogP contribution in [0.1, 0.15) is 24.3 Å². The lowest BCUT2D eigenvalue weighted by atomic mass is 10.1. The highest BCUT2D eigenvalue weighted by Gasteiger charge is 2.23. The number of methoxy groups -OCH3 is 1. The lowest BCUT2D eigenvalue weighted by Gasteiger charge is -2.01. The number of benzene rings is 1. The van der Waals surface area contributed by atoms with Crippen LogP contribution in [0.25, 0.3) is 0 Å². The van der Waals surface area contributed by atoms with E-state index in [0.717, 1.165) is 11.7 Å². The predicted octanol–water partition coefficient (Wildman–Crippen LogP) is 2.27. The number of ether oxygens (including phenoxy) is 1. The van der Waals surface area contributed by atoms with Gasteiger partial charge in [0.05, 0.1) is 7.11 Å². The number of carbonyl (C=O) groups is 1. The monoisotopic (exact) mass is 194 g/mol. The summed E-state index contributed by atoms with van der Waals surface area (Å²) in [5.74, 6) is 1.81. The Morgan fingerprint density at radius 3 is 2.64 bits per heavy atom. The van der Waals surface area contributed by atoms with Gasteiger partial charge in [-0.15, -0.1) is 0 Å². The van der Waals surface area contributed by atoms with Crippen molar-refractivity contribution in [1.82, 2.24) is 0 Å². The smallest absolute Gasteiger partial charge is 0.290 e. The molecule has 3 heteroatoms. The molecule has 0 aliphatic heterocycles. The maximum Gasteiger partial charge on any atom is 0.290 e. The van der Waals surface area contributed by atoms with Crippen LogP contribution in [0.4, 0.5) is 0 Å². The van der Waals surface area contributed by atoms with Crippen LogP contribution in [0, 0.1) is 0 Å². The topological polar surface area (TPSA) is 46.5 Å². The normalized spacial score (nSPS) is 13.8. The van der Waals surface area contributed by atoms with E-state index in [9.17, 15) is 0 Å². The maximum absolute atomic E-state index is 8.36. The van der Waals surface area contributed by atoms with Gasteiger partial charge in [0.2, 0.25) is 0 Å². The predicted molar refractivity (Wildman–Crippen MR) is 53.7 cm³/mol. The fourth-order valence-electron chi connectivity index (χ4n) is 1.31. The molecule has 1 N–H and O–H groups in total. The van der Waals surface area contributed by atoms with Crippen molar-refractivity contribution in [2.75, 3.05) is 7.11 Å². The molecule has 0 atom stereocenters. The van der Waals surface area contributed by atoms with E-state index >= 15 is 0 Å². The van der Waals surface area contributed by atoms with Crippen LogP contribution >= 0.6 is 0 Å². The Hall–Kier alpha value is -1.51. The Morgan fingerprint density at radius 1 is 1.50 bits per heavy atom. The molecule has 0 unspecified atom stereocenters. The lowest BCUT2D eigenvalue weighted by Crippen LogP contribution is -1.84. The second-order valence-corrected chi connectivity index (χ2v) is 3.16. The van der Waals surface area contributed by atoms with Crippen molar-refractivity contribution in [3.63, 3.8) is 0 Å². The molecule has 0 bridgehead atoms. The van der Waals surface area contributed by atoms with Gasteiger partial charge in [-0.05, 0) is 36.5 Å². The quantitative estimate of drug-likeness (QED) is 0.734. The van der Waals surface area contributed by atoms with E-state index in [1.807, 2.05) is 6.07 Å². The van der Waals surface area contributed by atoms with Gasteiger partial charge in [-0.25, -0.2) is 0 Å². The number of carboxylic acid groups (broad SMARTS) is 1. The Labute approximate surface area is 83.3 Å². The van der Waals surface area contributed by atoms with E-state index in [4.69, 9.17) is 14.6 Å². The fraction of sp³-hybridized carbons (Fsp3) is 0.364. The summed E-state index contributed by atoms with van der Waals surface area (Å²) in [7, 11) is 1.71. The van der Waals surface area contributed by atoms with Gasteiger partial charge >= 0.3 is 0 Å². The molecule has 1 aliphatic rings. The third-order valence-electron chi connectivity index (χ3n) is 2.14. The molecule has 0 aromatic heterocycles. The summed E-state index contributed by atoms with van der Waals surface area (Å²) in [6.45, 7) is -0.250. The highest BCUT2D eigenvalue weighted by molar-refractivity contribution is 5.33. The van der Waals surface area contributed by atoms with Crippen molar-refractivity contribution in [3.05, 3.63) is 29.8 Å². The van der Waals surface area contributed by atoms with Crippen molar-refractivity contribution in [2.24, 2.45) is 0 Å². The van der Waals surface area contributed by atoms with E-state index in [1.165, 1.54) is 18.4 Å². The molecule has 76 valence electrons. The summed E-state index contributed by atoms with van der Waals surface area (Å²) >= 11 is 0. The minimum absolute atomic E-state index is 0.250. The average Bonchev–Trinajstić information content (AvgIpc) is 3.02. The minimum Gasteiger partial charge on any atom is -0.497 e. The van der Waals surface area contributed by atoms with Crippen molar-refractivity contribution in [2.45, 2.75) is 18.8 Å². The summed E-state index contributed by atoms with van der Waals surface area (Å²) in [6, 6.07) is 8.37. The molecule has 1 aromatic rings. The molecule has 1 aromatic carbocycles. The molecule has 2 rings (SSSR count). The van der Waals surface area contributed by atoms with E-state index in [-0.39, 0.29) is 6.47 Å². The Balaban J connectivity index is 0.000000293. The zero-order chi connectivity index (χ0) is 10.4. The molecule has 0 saturated heterocycles. The first kappa shape index (κ1) is 10.6. The van der Waals surface area contributed by atoms with Crippen LogP contribution in [-0.4, -0.2) is 18.7 Å². The molecule has 1 saturated carbocycles. The summed E-state index contributed by atoms with van der Waals surface area (Å²) < 4.78 is 5.13. The highest BCUT2D eigenvalue weighted by atomic mass is 16.5. The average molecular weight is 194 g/mol. The maximum atomic E-state index is 8.36. The zero-order valence-electron chi connectivity index (χ0n) is 8.14. The number of rotatable bonds is 2. The molecule has 0 radical (unpaired) electrons. The van der Waals surface area contributed by atoms with Crippen molar-refractivity contribution < 1.29 is 14.6 Å². The van der Waals surface area contributed by atoms with Gasteiger partial charge in [-0.1, -0.05) is 12.1 Å². The van der Waals surface area contributed by atoms with Gasteiger partial charge in [0.15, 0.2) is 0 Å². The van der Waals surface area contributed by atoms with E-state index < -0.39 is 0 Å². The molecule has 1 fully saturated rings. The first-order chi connectivity index (χ1) is 6.81. The van der Waals surface area contributed by atoms with Crippen LogP contribution in [0.3, 0.4) is 0 Å². The zero-order valence-corrected chi connectivity index (χ0v) is 8.14. The van der Waals surface area contributed by atoms with Gasteiger partial charge in [-0.3, -0.25) is 4.79 Å². The number of hydrogen-bond acceptors (Lipinski definition) is 2. The number of hydrogen-bond donors (Lipinski definition) is 1. The first-order valence-corrected chi connectivity index (χ1v) is 4.53. The van der Waals surface area contributed by atoms with Gasteiger partial charge in [0.25, 0.3) is 6.47 Å². The SMILES string of the molecule is COc1cccc(C2CC2)c1.O=CO. The van der Waals surface area contributed by atoms with E-state index in [1.54, 1.807) is 7.11 Å². The Morgan fingerprint density at radius 2 is 2.14 bits per heavy atom. The third kappa shape index (κ3) is 3.09. The summed E-state index contributed by atoms with van der Waals surface area (Å²) in [5, 5.41) is 6.89. The van der Waals surface area contributed by atoms with Crippen molar-refractivity contribution in [1.29, 1.82) is 0 Å². The molecule has 0 amide bonds. The molecular weight excluding hydrogens is 180 g/mol. The van der Waals surface area contributed by atoms with Gasteiger partial charge in [0.1, 0.15) is 5.75 Å². The van der Waals surface area contributed by atoms with E-state index in [0.29, 0.717) is 0 Å². The first-order valence-electron chi connectivity index (χ1n) is 4.53. The van der Waals surface area contributed by atoms with Crippen LogP contribution < -0.4 is 4.74 Å².